The summed E-state index contributed by atoms with van der Waals surface area (Å²) in [5.74, 6) is -0.146. The van der Waals surface area contributed by atoms with Gasteiger partial charge in [0.25, 0.3) is 5.91 Å². The third-order valence-electron chi connectivity index (χ3n) is 4.63. The minimum absolute atomic E-state index is 0.146. The van der Waals surface area contributed by atoms with Gasteiger partial charge in [-0.15, -0.1) is 0 Å². The lowest BCUT2D eigenvalue weighted by Gasteiger charge is -2.38. The van der Waals surface area contributed by atoms with Crippen molar-refractivity contribution in [2.24, 2.45) is 0 Å². The Hall–Kier alpha value is -2.34. The monoisotopic (exact) mass is 444 g/mol. The molecule has 1 heterocycles. The molecule has 0 saturated heterocycles. The molecule has 0 aliphatic carbocycles. The normalized spacial score (nSPS) is 17.7. The molecule has 2 aromatic carbocycles. The van der Waals surface area contributed by atoms with Gasteiger partial charge in [-0.1, -0.05) is 52.3 Å². The van der Waals surface area contributed by atoms with Crippen molar-refractivity contribution in [2.75, 3.05) is 4.90 Å². The number of carbonyl (C=O) groups is 2. The Morgan fingerprint density at radius 3 is 2.54 bits per heavy atom. The quantitative estimate of drug-likeness (QED) is 0.724. The lowest BCUT2D eigenvalue weighted by Crippen LogP contribution is -2.54. The van der Waals surface area contributed by atoms with Crippen LogP contribution in [0.1, 0.15) is 44.9 Å². The van der Waals surface area contributed by atoms with E-state index in [4.69, 9.17) is 4.74 Å². The summed E-state index contributed by atoms with van der Waals surface area (Å²) in [5, 5.41) is 2.75. The second-order valence-electron chi connectivity index (χ2n) is 7.97. The molecule has 0 spiro atoms. The minimum atomic E-state index is -0.672. The molecule has 3 rings (SSSR count). The summed E-state index contributed by atoms with van der Waals surface area (Å²) in [6.45, 7) is 7.39. The van der Waals surface area contributed by atoms with Gasteiger partial charge in [0.15, 0.2) is 0 Å². The van der Waals surface area contributed by atoms with Crippen LogP contribution in [0.25, 0.3) is 0 Å². The number of alkyl carbamates (subject to hydrolysis) is 1. The van der Waals surface area contributed by atoms with Gasteiger partial charge in [-0.25, -0.2) is 4.79 Å². The van der Waals surface area contributed by atoms with E-state index in [1.165, 1.54) is 0 Å². The number of carbonyl (C=O) groups excluding carboxylic acids is 2. The summed E-state index contributed by atoms with van der Waals surface area (Å²) in [7, 11) is 0. The van der Waals surface area contributed by atoms with Crippen LogP contribution in [0.5, 0.6) is 0 Å². The zero-order valence-corrected chi connectivity index (χ0v) is 18.1. The zero-order chi connectivity index (χ0) is 20.5. The number of halogens is 1. The maximum absolute atomic E-state index is 13.4. The van der Waals surface area contributed by atoms with E-state index in [1.807, 2.05) is 55.5 Å². The Balaban J connectivity index is 1.94. The molecule has 0 aromatic heterocycles. The standard InChI is InChI=1S/C22H25BrN2O3/c1-14(15-8-6-5-7-9-15)25-19-13-17(23)11-10-16(19)12-18(20(25)26)24-21(27)28-22(2,3)4/h5-11,13-14,18H,12H2,1-4H3,(H,24,27)/t14-,18+/m0/s1. The van der Waals surface area contributed by atoms with Crippen LogP contribution in [0, 0.1) is 0 Å². The molecule has 0 radical (unpaired) electrons. The van der Waals surface area contributed by atoms with Crippen molar-refractivity contribution >= 4 is 33.6 Å². The van der Waals surface area contributed by atoms with E-state index in [0.29, 0.717) is 6.42 Å². The largest absolute Gasteiger partial charge is 0.444 e. The summed E-state index contributed by atoms with van der Waals surface area (Å²) < 4.78 is 6.25. The van der Waals surface area contributed by atoms with Crippen LogP contribution < -0.4 is 10.2 Å². The number of rotatable bonds is 3. The van der Waals surface area contributed by atoms with Crippen molar-refractivity contribution in [1.29, 1.82) is 0 Å². The number of benzene rings is 2. The van der Waals surface area contributed by atoms with E-state index in [2.05, 4.69) is 21.2 Å². The summed E-state index contributed by atoms with van der Waals surface area (Å²) in [5.41, 5.74) is 2.27. The smallest absolute Gasteiger partial charge is 0.408 e. The van der Waals surface area contributed by atoms with E-state index in [-0.39, 0.29) is 11.9 Å². The average Bonchev–Trinajstić information content (AvgIpc) is 2.61. The van der Waals surface area contributed by atoms with Crippen molar-refractivity contribution in [3.8, 4) is 0 Å². The van der Waals surface area contributed by atoms with Crippen LogP contribution in [-0.2, 0) is 16.0 Å². The van der Waals surface area contributed by atoms with Crippen LogP contribution in [0.2, 0.25) is 0 Å². The van der Waals surface area contributed by atoms with Crippen molar-refractivity contribution in [1.82, 2.24) is 5.32 Å². The van der Waals surface area contributed by atoms with Gasteiger partial charge in [0, 0.05) is 16.6 Å². The second-order valence-corrected chi connectivity index (χ2v) is 8.89. The van der Waals surface area contributed by atoms with Crippen molar-refractivity contribution in [3.05, 3.63) is 64.1 Å². The molecular weight excluding hydrogens is 420 g/mol. The molecule has 5 nitrogen and oxygen atoms in total. The van der Waals surface area contributed by atoms with E-state index >= 15 is 0 Å². The first-order chi connectivity index (χ1) is 13.2. The molecule has 2 amide bonds. The predicted octanol–water partition coefficient (Wildman–Crippen LogP) is 4.99. The number of amides is 2. The average molecular weight is 445 g/mol. The molecule has 2 atom stereocenters. The molecule has 0 saturated carbocycles. The summed E-state index contributed by atoms with van der Waals surface area (Å²) in [4.78, 5) is 27.4. The topological polar surface area (TPSA) is 58.6 Å². The zero-order valence-electron chi connectivity index (χ0n) is 16.5. The maximum Gasteiger partial charge on any atom is 0.408 e. The van der Waals surface area contributed by atoms with Crippen LogP contribution >= 0.6 is 15.9 Å². The molecule has 1 N–H and O–H groups in total. The highest BCUT2D eigenvalue weighted by Gasteiger charge is 2.37. The fourth-order valence-corrected chi connectivity index (χ4v) is 3.72. The lowest BCUT2D eigenvalue weighted by atomic mass is 9.94. The molecule has 0 unspecified atom stereocenters. The molecular formula is C22H25BrN2O3. The van der Waals surface area contributed by atoms with Gasteiger partial charge in [-0.3, -0.25) is 4.79 Å². The first-order valence-electron chi connectivity index (χ1n) is 9.31. The number of nitrogens with one attached hydrogen (secondary N) is 1. The number of nitrogens with zero attached hydrogens (tertiary/aromatic N) is 1. The molecule has 28 heavy (non-hydrogen) atoms. The lowest BCUT2D eigenvalue weighted by molar-refractivity contribution is -0.121. The van der Waals surface area contributed by atoms with Gasteiger partial charge in [-0.2, -0.15) is 0 Å². The van der Waals surface area contributed by atoms with Gasteiger partial charge in [0.2, 0.25) is 0 Å². The van der Waals surface area contributed by atoms with E-state index in [0.717, 1.165) is 21.3 Å². The maximum atomic E-state index is 13.4. The van der Waals surface area contributed by atoms with Crippen molar-refractivity contribution in [2.45, 2.75) is 51.8 Å². The Labute approximate surface area is 174 Å². The SMILES string of the molecule is C[C@@H](c1ccccc1)N1C(=O)[C@H](NC(=O)OC(C)(C)C)Cc2ccc(Br)cc21. The van der Waals surface area contributed by atoms with Crippen molar-refractivity contribution < 1.29 is 14.3 Å². The molecule has 6 heteroatoms. The number of anilines is 1. The third kappa shape index (κ3) is 4.55. The Bertz CT molecular complexity index is 877. The van der Waals surface area contributed by atoms with Crippen LogP contribution in [0.3, 0.4) is 0 Å². The summed E-state index contributed by atoms with van der Waals surface area (Å²) in [6, 6.07) is 14.9. The molecule has 0 fully saturated rings. The second kappa shape index (κ2) is 7.95. The predicted molar refractivity (Wildman–Crippen MR) is 113 cm³/mol. The van der Waals surface area contributed by atoms with Crippen LogP contribution in [0.4, 0.5) is 10.5 Å². The molecule has 148 valence electrons. The highest BCUT2D eigenvalue weighted by molar-refractivity contribution is 9.10. The van der Waals surface area contributed by atoms with Gasteiger partial charge in [-0.05, 0) is 51.0 Å². The fraction of sp³-hybridized carbons (Fsp3) is 0.364. The number of fused-ring (bicyclic) bond motifs is 1. The van der Waals surface area contributed by atoms with Gasteiger partial charge < -0.3 is 15.0 Å². The number of ether oxygens (including phenoxy) is 1. The summed E-state index contributed by atoms with van der Waals surface area (Å²) in [6.07, 6.45) is -0.155. The molecule has 1 aliphatic rings. The van der Waals surface area contributed by atoms with Gasteiger partial charge >= 0.3 is 6.09 Å². The fourth-order valence-electron chi connectivity index (χ4n) is 3.37. The van der Waals surface area contributed by atoms with Gasteiger partial charge in [0.1, 0.15) is 11.6 Å². The van der Waals surface area contributed by atoms with E-state index < -0.39 is 17.7 Å². The van der Waals surface area contributed by atoms with Crippen LogP contribution in [-0.4, -0.2) is 23.6 Å². The third-order valence-corrected chi connectivity index (χ3v) is 5.12. The molecule has 1 aliphatic heterocycles. The highest BCUT2D eigenvalue weighted by Crippen LogP contribution is 2.36. The first-order valence-corrected chi connectivity index (χ1v) is 10.1. The Morgan fingerprint density at radius 1 is 1.21 bits per heavy atom. The molecule has 0 bridgehead atoms. The Morgan fingerprint density at radius 2 is 1.89 bits per heavy atom. The van der Waals surface area contributed by atoms with Crippen LogP contribution in [0.15, 0.2) is 53.0 Å². The van der Waals surface area contributed by atoms with E-state index in [1.54, 1.807) is 25.7 Å². The highest BCUT2D eigenvalue weighted by atomic mass is 79.9. The van der Waals surface area contributed by atoms with Gasteiger partial charge in [0.05, 0.1) is 6.04 Å². The van der Waals surface area contributed by atoms with E-state index in [9.17, 15) is 9.59 Å². The Kier molecular flexibility index (Phi) is 5.79. The number of hydrogen-bond acceptors (Lipinski definition) is 3. The van der Waals surface area contributed by atoms with Crippen molar-refractivity contribution in [3.63, 3.8) is 0 Å². The minimum Gasteiger partial charge on any atom is -0.444 e. The first kappa shape index (κ1) is 20.4. The number of hydrogen-bond donors (Lipinski definition) is 1. The molecule has 2 aromatic rings. The summed E-state index contributed by atoms with van der Waals surface area (Å²) >= 11 is 3.50.